The van der Waals surface area contributed by atoms with Crippen LogP contribution in [0.25, 0.3) is 11.8 Å². The first-order valence-electron chi connectivity index (χ1n) is 12.9. The maximum atomic E-state index is 14.0. The molecule has 0 unspecified atom stereocenters. The van der Waals surface area contributed by atoms with Gasteiger partial charge >= 0.3 is 5.97 Å². The lowest BCUT2D eigenvalue weighted by Gasteiger charge is -2.30. The Morgan fingerprint density at radius 2 is 1.95 bits per heavy atom. The number of methoxy groups -OCH3 is 1. The number of thiazole rings is 1. The highest BCUT2D eigenvalue weighted by atomic mass is 127. The van der Waals surface area contributed by atoms with E-state index >= 15 is 0 Å². The van der Waals surface area contributed by atoms with Crippen molar-refractivity contribution in [1.82, 2.24) is 4.57 Å². The first kappa shape index (κ1) is 26.5. The van der Waals surface area contributed by atoms with Crippen LogP contribution >= 0.6 is 33.9 Å². The quantitative estimate of drug-likeness (QED) is 0.245. The molecule has 1 N–H and O–H groups in total. The van der Waals surface area contributed by atoms with E-state index in [9.17, 15) is 14.7 Å². The highest BCUT2D eigenvalue weighted by molar-refractivity contribution is 14.1. The Balaban J connectivity index is 1.56. The SMILES string of the molecule is CCOc1cc(/C=c2\sc3n(c2=O)[C@@H](c2ccc(C(=O)OC)cc2)C2=C(N=3)c3ccccc3CC2)cc(I)c1O. The van der Waals surface area contributed by atoms with Crippen molar-refractivity contribution in [2.24, 2.45) is 4.99 Å². The van der Waals surface area contributed by atoms with E-state index in [0.717, 1.165) is 40.8 Å². The zero-order chi connectivity index (χ0) is 28.0. The fourth-order valence-corrected chi connectivity index (χ4v) is 6.96. The van der Waals surface area contributed by atoms with Gasteiger partial charge in [-0.25, -0.2) is 9.79 Å². The molecule has 1 aromatic heterocycles. The third-order valence-corrected chi connectivity index (χ3v) is 8.97. The minimum absolute atomic E-state index is 0.0859. The number of benzene rings is 3. The van der Waals surface area contributed by atoms with Crippen molar-refractivity contribution >= 4 is 51.7 Å². The van der Waals surface area contributed by atoms with Crippen LogP contribution in [0.1, 0.15) is 52.0 Å². The summed E-state index contributed by atoms with van der Waals surface area (Å²) in [6.45, 7) is 2.27. The van der Waals surface area contributed by atoms with E-state index in [2.05, 4.69) is 34.7 Å². The normalized spacial score (nSPS) is 16.1. The molecule has 6 rings (SSSR count). The average Bonchev–Trinajstić information content (AvgIpc) is 3.28. The number of aromatic hydroxyl groups is 1. The third-order valence-electron chi connectivity index (χ3n) is 7.17. The minimum Gasteiger partial charge on any atom is -0.504 e. The predicted octanol–water partition coefficient (Wildman–Crippen LogP) is 4.81. The molecule has 40 heavy (non-hydrogen) atoms. The average molecular weight is 665 g/mol. The lowest BCUT2D eigenvalue weighted by atomic mass is 9.83. The number of esters is 1. The molecular formula is C31H25IN2O5S. The second-order valence-corrected chi connectivity index (χ2v) is 11.7. The number of halogens is 1. The van der Waals surface area contributed by atoms with Crippen LogP contribution in [-0.4, -0.2) is 29.4 Å². The van der Waals surface area contributed by atoms with Crippen molar-refractivity contribution in [3.8, 4) is 11.5 Å². The molecule has 0 saturated carbocycles. The summed E-state index contributed by atoms with van der Waals surface area (Å²) >= 11 is 3.40. The summed E-state index contributed by atoms with van der Waals surface area (Å²) in [7, 11) is 1.36. The largest absolute Gasteiger partial charge is 0.504 e. The summed E-state index contributed by atoms with van der Waals surface area (Å²) in [6.07, 6.45) is 3.46. The second kappa shape index (κ2) is 10.7. The molecule has 202 valence electrons. The number of carbonyl (C=O) groups excluding carboxylic acids is 1. The lowest BCUT2D eigenvalue weighted by Crippen LogP contribution is -2.38. The van der Waals surface area contributed by atoms with Gasteiger partial charge in [-0.2, -0.15) is 0 Å². The number of fused-ring (bicyclic) bond motifs is 3. The van der Waals surface area contributed by atoms with Gasteiger partial charge in [0.2, 0.25) is 0 Å². The van der Waals surface area contributed by atoms with Crippen LogP contribution in [0.3, 0.4) is 0 Å². The number of rotatable bonds is 5. The zero-order valence-electron chi connectivity index (χ0n) is 21.8. The maximum Gasteiger partial charge on any atom is 0.337 e. The maximum absolute atomic E-state index is 14.0. The number of carbonyl (C=O) groups is 1. The summed E-state index contributed by atoms with van der Waals surface area (Å²) in [6, 6.07) is 18.7. The minimum atomic E-state index is -0.406. The molecule has 9 heteroatoms. The Bertz CT molecular complexity index is 1870. The van der Waals surface area contributed by atoms with Gasteiger partial charge in [-0.1, -0.05) is 47.7 Å². The molecule has 7 nitrogen and oxygen atoms in total. The number of aryl methyl sites for hydroxylation is 1. The summed E-state index contributed by atoms with van der Waals surface area (Å²) in [5.41, 5.74) is 6.30. The molecule has 1 aliphatic carbocycles. The van der Waals surface area contributed by atoms with Crippen molar-refractivity contribution < 1.29 is 19.4 Å². The second-order valence-electron chi connectivity index (χ2n) is 9.51. The molecule has 0 bridgehead atoms. The molecule has 0 amide bonds. The molecular weight excluding hydrogens is 639 g/mol. The highest BCUT2D eigenvalue weighted by Gasteiger charge is 2.32. The van der Waals surface area contributed by atoms with Crippen molar-refractivity contribution in [2.45, 2.75) is 25.8 Å². The van der Waals surface area contributed by atoms with Gasteiger partial charge in [-0.3, -0.25) is 9.36 Å². The number of allylic oxidation sites excluding steroid dienone is 1. The van der Waals surface area contributed by atoms with Crippen molar-refractivity contribution in [1.29, 1.82) is 0 Å². The van der Waals surface area contributed by atoms with E-state index in [1.807, 2.05) is 43.3 Å². The van der Waals surface area contributed by atoms with Crippen molar-refractivity contribution in [3.05, 3.63) is 117 Å². The Morgan fingerprint density at radius 1 is 1.18 bits per heavy atom. The number of ether oxygens (including phenoxy) is 2. The summed E-state index contributed by atoms with van der Waals surface area (Å²) < 4.78 is 13.4. The van der Waals surface area contributed by atoms with Gasteiger partial charge in [-0.15, -0.1) is 0 Å². The third kappa shape index (κ3) is 4.56. The molecule has 0 fully saturated rings. The molecule has 1 aliphatic heterocycles. The molecule has 0 radical (unpaired) electrons. The first-order valence-corrected chi connectivity index (χ1v) is 14.8. The van der Waals surface area contributed by atoms with Crippen molar-refractivity contribution in [3.63, 3.8) is 0 Å². The van der Waals surface area contributed by atoms with Crippen LogP contribution in [0.2, 0.25) is 0 Å². The van der Waals surface area contributed by atoms with Gasteiger partial charge in [0.1, 0.15) is 0 Å². The van der Waals surface area contributed by atoms with E-state index in [0.29, 0.717) is 30.8 Å². The number of nitrogens with zero attached hydrogens (tertiary/aromatic N) is 2. The lowest BCUT2D eigenvalue weighted by molar-refractivity contribution is 0.0600. The Kier molecular flexibility index (Phi) is 7.09. The van der Waals surface area contributed by atoms with Crippen LogP contribution in [0.15, 0.2) is 76.0 Å². The molecule has 4 aromatic rings. The molecule has 0 saturated heterocycles. The summed E-state index contributed by atoms with van der Waals surface area (Å²) in [5.74, 6) is 0.0591. The van der Waals surface area contributed by atoms with Gasteiger partial charge in [0.05, 0.1) is 39.1 Å². The molecule has 3 aromatic carbocycles. The summed E-state index contributed by atoms with van der Waals surface area (Å²) in [5, 5.41) is 10.4. The van der Waals surface area contributed by atoms with Crippen LogP contribution in [0.5, 0.6) is 11.5 Å². The van der Waals surface area contributed by atoms with Crippen LogP contribution in [-0.2, 0) is 11.2 Å². The predicted molar refractivity (Wildman–Crippen MR) is 163 cm³/mol. The molecule has 0 spiro atoms. The van der Waals surface area contributed by atoms with Gasteiger partial charge < -0.3 is 14.6 Å². The first-order chi connectivity index (χ1) is 19.4. The topological polar surface area (TPSA) is 90.1 Å². The molecule has 2 aliphatic rings. The van der Waals surface area contributed by atoms with Crippen molar-refractivity contribution in [2.75, 3.05) is 13.7 Å². The smallest absolute Gasteiger partial charge is 0.337 e. The zero-order valence-corrected chi connectivity index (χ0v) is 24.8. The van der Waals surface area contributed by atoms with E-state index in [1.165, 1.54) is 24.0 Å². The van der Waals surface area contributed by atoms with E-state index in [4.69, 9.17) is 14.5 Å². The summed E-state index contributed by atoms with van der Waals surface area (Å²) in [4.78, 5) is 31.7. The highest BCUT2D eigenvalue weighted by Crippen LogP contribution is 2.41. The van der Waals surface area contributed by atoms with Crippen LogP contribution in [0.4, 0.5) is 0 Å². The van der Waals surface area contributed by atoms with E-state index in [1.54, 1.807) is 22.8 Å². The monoisotopic (exact) mass is 664 g/mol. The van der Waals surface area contributed by atoms with Gasteiger partial charge in [0.25, 0.3) is 5.56 Å². The molecule has 1 atom stereocenters. The standard InChI is InChI=1S/C31H25IN2O5S/c1-3-39-24-15-17(14-23(32)28(24)35)16-25-29(36)34-27(19-8-10-20(11-9-19)30(37)38-2)22-13-12-18-6-4-5-7-21(18)26(22)33-31(34)40-25/h4-11,14-16,27,35H,3,12-13H2,1-2H3/b25-16-/t27-/m0/s1. The fourth-order valence-electron chi connectivity index (χ4n) is 5.34. The van der Waals surface area contributed by atoms with Gasteiger partial charge in [0, 0.05) is 5.56 Å². The fraction of sp³-hybridized carbons (Fsp3) is 0.194. The molecule has 2 heterocycles. The number of hydrogen-bond acceptors (Lipinski definition) is 7. The van der Waals surface area contributed by atoms with E-state index < -0.39 is 5.97 Å². The Labute approximate surface area is 247 Å². The number of hydrogen-bond donors (Lipinski definition) is 1. The Morgan fingerprint density at radius 3 is 2.70 bits per heavy atom. The van der Waals surface area contributed by atoms with E-state index in [-0.39, 0.29) is 17.4 Å². The number of aromatic nitrogens is 1. The van der Waals surface area contributed by atoms with Gasteiger partial charge in [0.15, 0.2) is 16.3 Å². The Hall–Kier alpha value is -3.70. The van der Waals surface area contributed by atoms with Gasteiger partial charge in [-0.05, 0) is 95.0 Å². The number of phenols is 1. The van der Waals surface area contributed by atoms with Crippen LogP contribution in [0, 0.1) is 3.57 Å². The number of phenolic OH excluding ortho intramolecular Hbond substituents is 1. The van der Waals surface area contributed by atoms with Crippen LogP contribution < -0.4 is 19.6 Å².